The van der Waals surface area contributed by atoms with Gasteiger partial charge in [-0.3, -0.25) is 4.79 Å². The molecule has 1 aromatic carbocycles. The van der Waals surface area contributed by atoms with Gasteiger partial charge in [0.05, 0.1) is 25.0 Å². The molecule has 0 spiro atoms. The first kappa shape index (κ1) is 15.7. The van der Waals surface area contributed by atoms with Crippen molar-refractivity contribution in [3.05, 3.63) is 45.1 Å². The van der Waals surface area contributed by atoms with Gasteiger partial charge < -0.3 is 14.8 Å². The molecule has 1 aromatic heterocycles. The lowest BCUT2D eigenvalue weighted by Crippen LogP contribution is -2.24. The fourth-order valence-corrected chi connectivity index (χ4v) is 2.94. The van der Waals surface area contributed by atoms with Crippen LogP contribution in [0.5, 0.6) is 11.5 Å². The van der Waals surface area contributed by atoms with E-state index >= 15 is 0 Å². The fourth-order valence-electron chi connectivity index (χ4n) is 1.86. The lowest BCUT2D eigenvalue weighted by Gasteiger charge is -2.10. The number of methoxy groups -OCH3 is 2. The van der Waals surface area contributed by atoms with Crippen LogP contribution in [-0.2, 0) is 17.8 Å². The van der Waals surface area contributed by atoms with Gasteiger partial charge in [0.15, 0.2) is 11.5 Å². The molecule has 0 saturated carbocycles. The quantitative estimate of drug-likeness (QED) is 0.886. The van der Waals surface area contributed by atoms with Crippen molar-refractivity contribution in [2.24, 2.45) is 0 Å². The van der Waals surface area contributed by atoms with Crippen LogP contribution in [0.15, 0.2) is 30.3 Å². The van der Waals surface area contributed by atoms with Gasteiger partial charge in [-0.1, -0.05) is 17.7 Å². The van der Waals surface area contributed by atoms with Crippen molar-refractivity contribution in [3.63, 3.8) is 0 Å². The average Bonchev–Trinajstić information content (AvgIpc) is 2.89. The zero-order valence-corrected chi connectivity index (χ0v) is 13.4. The predicted octanol–water partition coefficient (Wildman–Crippen LogP) is 3.28. The topological polar surface area (TPSA) is 47.6 Å². The van der Waals surface area contributed by atoms with Gasteiger partial charge in [0, 0.05) is 11.4 Å². The average molecular weight is 326 g/mol. The van der Waals surface area contributed by atoms with Crippen LogP contribution < -0.4 is 14.8 Å². The highest BCUT2D eigenvalue weighted by molar-refractivity contribution is 7.16. The molecule has 2 aromatic rings. The van der Waals surface area contributed by atoms with Gasteiger partial charge in [0.2, 0.25) is 5.91 Å². The molecule has 0 aliphatic carbocycles. The largest absolute Gasteiger partial charge is 0.493 e. The number of thiophene rings is 1. The van der Waals surface area contributed by atoms with Crippen LogP contribution in [0, 0.1) is 0 Å². The highest BCUT2D eigenvalue weighted by Gasteiger charge is 2.08. The number of rotatable bonds is 6. The number of carbonyl (C=O) groups is 1. The Bertz CT molecular complexity index is 627. The number of carbonyl (C=O) groups excluding carboxylic acids is 1. The van der Waals surface area contributed by atoms with Gasteiger partial charge in [0.1, 0.15) is 0 Å². The van der Waals surface area contributed by atoms with Crippen molar-refractivity contribution in [2.45, 2.75) is 13.0 Å². The number of halogens is 1. The molecule has 112 valence electrons. The molecule has 0 aliphatic heterocycles. The van der Waals surface area contributed by atoms with Gasteiger partial charge in [-0.2, -0.15) is 0 Å². The van der Waals surface area contributed by atoms with E-state index in [9.17, 15) is 4.79 Å². The summed E-state index contributed by atoms with van der Waals surface area (Å²) in [7, 11) is 3.17. The molecule has 0 atom stereocenters. The maximum Gasteiger partial charge on any atom is 0.225 e. The SMILES string of the molecule is COc1ccc(CNC(=O)Cc2ccc(Cl)s2)cc1OC. The van der Waals surface area contributed by atoms with Crippen molar-refractivity contribution >= 4 is 28.8 Å². The summed E-state index contributed by atoms with van der Waals surface area (Å²) in [6, 6.07) is 9.22. The van der Waals surface area contributed by atoms with E-state index in [0.29, 0.717) is 28.8 Å². The summed E-state index contributed by atoms with van der Waals surface area (Å²) in [6.45, 7) is 0.443. The van der Waals surface area contributed by atoms with Crippen molar-refractivity contribution in [2.75, 3.05) is 14.2 Å². The summed E-state index contributed by atoms with van der Waals surface area (Å²) < 4.78 is 11.1. The van der Waals surface area contributed by atoms with Crippen LogP contribution in [0.4, 0.5) is 0 Å². The summed E-state index contributed by atoms with van der Waals surface area (Å²) >= 11 is 7.26. The van der Waals surface area contributed by atoms with Crippen LogP contribution in [0.1, 0.15) is 10.4 Å². The van der Waals surface area contributed by atoms with Gasteiger partial charge in [-0.15, -0.1) is 11.3 Å². The maximum absolute atomic E-state index is 11.9. The van der Waals surface area contributed by atoms with Crippen LogP contribution in [0.3, 0.4) is 0 Å². The van der Waals surface area contributed by atoms with Crippen molar-refractivity contribution in [3.8, 4) is 11.5 Å². The Balaban J connectivity index is 1.91. The first-order valence-corrected chi connectivity index (χ1v) is 7.53. The highest BCUT2D eigenvalue weighted by Crippen LogP contribution is 2.27. The second-order valence-corrected chi connectivity index (χ2v) is 6.15. The fraction of sp³-hybridized carbons (Fsp3) is 0.267. The minimum Gasteiger partial charge on any atom is -0.493 e. The molecule has 6 heteroatoms. The van der Waals surface area contributed by atoms with Gasteiger partial charge in [0.25, 0.3) is 0 Å². The molecule has 0 unspecified atom stereocenters. The predicted molar refractivity (Wildman–Crippen MR) is 84.4 cm³/mol. The number of nitrogens with one attached hydrogen (secondary N) is 1. The molecule has 0 bridgehead atoms. The number of hydrogen-bond acceptors (Lipinski definition) is 4. The van der Waals surface area contributed by atoms with Crippen molar-refractivity contribution in [1.29, 1.82) is 0 Å². The molecule has 0 aliphatic rings. The van der Waals surface area contributed by atoms with Crippen LogP contribution in [0.25, 0.3) is 0 Å². The Kier molecular flexibility index (Phi) is 5.47. The lowest BCUT2D eigenvalue weighted by atomic mass is 10.2. The third-order valence-corrected chi connectivity index (χ3v) is 4.13. The van der Waals surface area contributed by atoms with E-state index in [1.54, 1.807) is 20.3 Å². The summed E-state index contributed by atoms with van der Waals surface area (Å²) in [6.07, 6.45) is 0.338. The number of amides is 1. The Morgan fingerprint density at radius 1 is 1.19 bits per heavy atom. The molecule has 1 amide bonds. The van der Waals surface area contributed by atoms with E-state index in [0.717, 1.165) is 10.4 Å². The molecular formula is C15H16ClNO3S. The van der Waals surface area contributed by atoms with Crippen molar-refractivity contribution < 1.29 is 14.3 Å². The summed E-state index contributed by atoms with van der Waals surface area (Å²) in [5.74, 6) is 1.28. The second-order valence-electron chi connectivity index (χ2n) is 4.35. The molecule has 0 fully saturated rings. The van der Waals surface area contributed by atoms with E-state index in [2.05, 4.69) is 5.32 Å². The monoisotopic (exact) mass is 325 g/mol. The molecule has 2 rings (SSSR count). The van der Waals surface area contributed by atoms with Gasteiger partial charge in [-0.25, -0.2) is 0 Å². The van der Waals surface area contributed by atoms with E-state index in [1.807, 2.05) is 24.3 Å². The molecule has 1 N–H and O–H groups in total. The van der Waals surface area contributed by atoms with Gasteiger partial charge in [-0.05, 0) is 29.8 Å². The highest BCUT2D eigenvalue weighted by atomic mass is 35.5. The molecule has 0 saturated heterocycles. The van der Waals surface area contributed by atoms with E-state index in [1.165, 1.54) is 11.3 Å². The van der Waals surface area contributed by atoms with E-state index in [4.69, 9.17) is 21.1 Å². The number of ether oxygens (including phenoxy) is 2. The Labute approximate surface area is 132 Å². The first-order valence-electron chi connectivity index (χ1n) is 6.34. The summed E-state index contributed by atoms with van der Waals surface area (Å²) in [5.41, 5.74) is 0.949. The Hall–Kier alpha value is -1.72. The molecule has 1 heterocycles. The number of hydrogen-bond donors (Lipinski definition) is 1. The molecule has 4 nitrogen and oxygen atoms in total. The smallest absolute Gasteiger partial charge is 0.225 e. The van der Waals surface area contributed by atoms with Crippen LogP contribution in [0.2, 0.25) is 4.34 Å². The third kappa shape index (κ3) is 4.37. The Morgan fingerprint density at radius 3 is 2.57 bits per heavy atom. The minimum absolute atomic E-state index is 0.0386. The second kappa shape index (κ2) is 7.33. The van der Waals surface area contributed by atoms with Crippen LogP contribution >= 0.6 is 22.9 Å². The molecule has 21 heavy (non-hydrogen) atoms. The third-order valence-electron chi connectivity index (χ3n) is 2.90. The normalized spacial score (nSPS) is 10.2. The zero-order chi connectivity index (χ0) is 15.2. The molecular weight excluding hydrogens is 310 g/mol. The minimum atomic E-state index is -0.0386. The van der Waals surface area contributed by atoms with Crippen molar-refractivity contribution in [1.82, 2.24) is 5.32 Å². The zero-order valence-electron chi connectivity index (χ0n) is 11.8. The standard InChI is InChI=1S/C15H16ClNO3S/c1-19-12-5-3-10(7-13(12)20-2)9-17-15(18)8-11-4-6-14(16)21-11/h3-7H,8-9H2,1-2H3,(H,17,18). The van der Waals surface area contributed by atoms with E-state index < -0.39 is 0 Å². The molecule has 0 radical (unpaired) electrons. The summed E-state index contributed by atoms with van der Waals surface area (Å²) in [4.78, 5) is 12.8. The summed E-state index contributed by atoms with van der Waals surface area (Å²) in [5, 5.41) is 2.87. The lowest BCUT2D eigenvalue weighted by molar-refractivity contribution is -0.120. The maximum atomic E-state index is 11.9. The number of benzene rings is 1. The van der Waals surface area contributed by atoms with E-state index in [-0.39, 0.29) is 5.91 Å². The van der Waals surface area contributed by atoms with Crippen LogP contribution in [-0.4, -0.2) is 20.1 Å². The first-order chi connectivity index (χ1) is 10.1. The Morgan fingerprint density at radius 2 is 1.95 bits per heavy atom. The van der Waals surface area contributed by atoms with Gasteiger partial charge >= 0.3 is 0 Å².